The molecule has 0 aromatic heterocycles. The van der Waals surface area contributed by atoms with Gasteiger partial charge in [0, 0.05) is 32.8 Å². The second kappa shape index (κ2) is 10.6. The minimum absolute atomic E-state index is 0.0887. The number of ketones is 1. The molecule has 3 aliphatic carbocycles. The SMILES string of the molecule is CO[C@H]1C[C@H]2OC[C@@]2(OC(C)=O)C2[C@H](OC(=O)c3ccccc3)[C@]34OC(=O)O[C@H]3C(O)C(C)=C([C@@H](OC(C)=O)C(=O)[C@@]21C)C4(C)C. The van der Waals surface area contributed by atoms with Crippen molar-refractivity contribution in [1.82, 2.24) is 0 Å². The summed E-state index contributed by atoms with van der Waals surface area (Å²) in [5.74, 6) is -4.27. The zero-order chi connectivity index (χ0) is 33.6. The molecule has 13 nitrogen and oxygen atoms in total. The van der Waals surface area contributed by atoms with Gasteiger partial charge in [-0.15, -0.1) is 0 Å². The lowest BCUT2D eigenvalue weighted by Crippen LogP contribution is -2.83. The molecule has 2 heterocycles. The molecule has 0 radical (unpaired) electrons. The molecule has 5 aliphatic rings. The average Bonchev–Trinajstić information content (AvgIpc) is 3.35. The third-order valence-electron chi connectivity index (χ3n) is 10.9. The van der Waals surface area contributed by atoms with Gasteiger partial charge in [-0.1, -0.05) is 32.0 Å². The van der Waals surface area contributed by atoms with E-state index >= 15 is 4.79 Å². The van der Waals surface area contributed by atoms with Crippen LogP contribution in [0.1, 0.15) is 58.3 Å². The van der Waals surface area contributed by atoms with Crippen LogP contribution in [0.4, 0.5) is 4.79 Å². The molecular formula is C33H38O13. The molecule has 2 unspecified atom stereocenters. The number of methoxy groups -OCH3 is 1. The molecular weight excluding hydrogens is 604 g/mol. The fourth-order valence-corrected chi connectivity index (χ4v) is 8.97. The van der Waals surface area contributed by atoms with Crippen LogP contribution >= 0.6 is 0 Å². The van der Waals surface area contributed by atoms with E-state index in [-0.39, 0.29) is 29.7 Å². The summed E-state index contributed by atoms with van der Waals surface area (Å²) in [4.78, 5) is 68.0. The van der Waals surface area contributed by atoms with Gasteiger partial charge in [0.15, 0.2) is 29.7 Å². The first-order valence-corrected chi connectivity index (χ1v) is 15.2. The Balaban J connectivity index is 1.73. The zero-order valence-corrected chi connectivity index (χ0v) is 26.7. The third kappa shape index (κ3) is 4.07. The molecule has 2 saturated heterocycles. The lowest BCUT2D eigenvalue weighted by Gasteiger charge is -2.67. The quantitative estimate of drug-likeness (QED) is 0.283. The third-order valence-corrected chi connectivity index (χ3v) is 10.9. The van der Waals surface area contributed by atoms with Crippen LogP contribution in [0.25, 0.3) is 0 Å². The maximum absolute atomic E-state index is 15.2. The van der Waals surface area contributed by atoms with E-state index in [1.54, 1.807) is 45.9 Å². The Bertz CT molecular complexity index is 1530. The van der Waals surface area contributed by atoms with Crippen LogP contribution in [0.15, 0.2) is 41.5 Å². The van der Waals surface area contributed by atoms with E-state index in [0.29, 0.717) is 0 Å². The summed E-state index contributed by atoms with van der Waals surface area (Å²) < 4.78 is 42.0. The van der Waals surface area contributed by atoms with Gasteiger partial charge in [-0.2, -0.15) is 0 Å². The maximum Gasteiger partial charge on any atom is 0.509 e. The lowest BCUT2D eigenvalue weighted by molar-refractivity contribution is -0.347. The van der Waals surface area contributed by atoms with Gasteiger partial charge in [0.1, 0.15) is 12.2 Å². The van der Waals surface area contributed by atoms with Crippen molar-refractivity contribution in [3.63, 3.8) is 0 Å². The maximum atomic E-state index is 15.2. The number of benzene rings is 1. The Morgan fingerprint density at radius 1 is 1.00 bits per heavy atom. The van der Waals surface area contributed by atoms with Crippen molar-refractivity contribution < 1.29 is 62.2 Å². The first-order chi connectivity index (χ1) is 21.6. The van der Waals surface area contributed by atoms with Crippen molar-refractivity contribution in [2.75, 3.05) is 13.7 Å². The highest BCUT2D eigenvalue weighted by atomic mass is 16.8. The second-order valence-electron chi connectivity index (χ2n) is 13.5. The summed E-state index contributed by atoms with van der Waals surface area (Å²) in [5, 5.41) is 11.8. The van der Waals surface area contributed by atoms with Crippen molar-refractivity contribution in [3.8, 4) is 0 Å². The normalized spacial score (nSPS) is 40.4. The molecule has 46 heavy (non-hydrogen) atoms. The summed E-state index contributed by atoms with van der Waals surface area (Å²) in [6.07, 6.45) is -9.06. The highest BCUT2D eigenvalue weighted by Crippen LogP contribution is 2.66. The van der Waals surface area contributed by atoms with Crippen molar-refractivity contribution in [2.45, 2.75) is 95.8 Å². The monoisotopic (exact) mass is 642 g/mol. The van der Waals surface area contributed by atoms with Gasteiger partial charge in [-0.3, -0.25) is 14.4 Å². The minimum atomic E-state index is -2.04. The number of Topliss-reactive ketones (excluding diaryl/α,β-unsaturated/α-hetero) is 1. The Kier molecular flexibility index (Phi) is 7.41. The van der Waals surface area contributed by atoms with E-state index in [1.165, 1.54) is 26.2 Å². The molecule has 1 aromatic rings. The van der Waals surface area contributed by atoms with Crippen LogP contribution in [0, 0.1) is 16.7 Å². The predicted molar refractivity (Wildman–Crippen MR) is 154 cm³/mol. The number of hydrogen-bond acceptors (Lipinski definition) is 13. The van der Waals surface area contributed by atoms with Gasteiger partial charge < -0.3 is 38.3 Å². The molecule has 1 aromatic carbocycles. The summed E-state index contributed by atoms with van der Waals surface area (Å²) in [7, 11) is 1.40. The molecule has 2 saturated carbocycles. The number of ether oxygens (including phenoxy) is 7. The number of rotatable bonds is 5. The number of hydrogen-bond donors (Lipinski definition) is 1. The number of esters is 3. The highest BCUT2D eigenvalue weighted by molar-refractivity contribution is 5.96. The smallest absolute Gasteiger partial charge is 0.454 e. The fourth-order valence-electron chi connectivity index (χ4n) is 8.97. The first-order valence-electron chi connectivity index (χ1n) is 15.2. The van der Waals surface area contributed by atoms with Crippen molar-refractivity contribution in [3.05, 3.63) is 47.0 Å². The summed E-state index contributed by atoms with van der Waals surface area (Å²) in [6, 6.07) is 8.07. The van der Waals surface area contributed by atoms with E-state index < -0.39 is 94.4 Å². The van der Waals surface area contributed by atoms with Gasteiger partial charge >= 0.3 is 24.1 Å². The van der Waals surface area contributed by atoms with Crippen LogP contribution in [0.2, 0.25) is 0 Å². The van der Waals surface area contributed by atoms with E-state index in [1.807, 2.05) is 0 Å². The average molecular weight is 643 g/mol. The van der Waals surface area contributed by atoms with Gasteiger partial charge in [0.25, 0.3) is 0 Å². The van der Waals surface area contributed by atoms with E-state index in [9.17, 15) is 24.3 Å². The number of fused-ring (bicyclic) bond motifs is 4. The summed E-state index contributed by atoms with van der Waals surface area (Å²) in [5.41, 5.74) is -6.33. The van der Waals surface area contributed by atoms with Crippen molar-refractivity contribution >= 4 is 29.8 Å². The summed E-state index contributed by atoms with van der Waals surface area (Å²) in [6.45, 7) is 8.59. The number of aliphatic hydroxyl groups is 1. The highest BCUT2D eigenvalue weighted by Gasteiger charge is 2.83. The molecule has 6 rings (SSSR count). The van der Waals surface area contributed by atoms with Gasteiger partial charge in [-0.05, 0) is 37.1 Å². The van der Waals surface area contributed by atoms with Crippen molar-refractivity contribution in [1.29, 1.82) is 0 Å². The topological polar surface area (TPSA) is 170 Å². The van der Waals surface area contributed by atoms with E-state index in [0.717, 1.165) is 6.92 Å². The summed E-state index contributed by atoms with van der Waals surface area (Å²) >= 11 is 0. The Labute approximate surface area is 265 Å². The van der Waals surface area contributed by atoms with Gasteiger partial charge in [0.05, 0.1) is 29.6 Å². The van der Waals surface area contributed by atoms with Crippen LogP contribution in [0.5, 0.6) is 0 Å². The van der Waals surface area contributed by atoms with Crippen LogP contribution in [-0.4, -0.2) is 96.5 Å². The minimum Gasteiger partial charge on any atom is -0.454 e. The van der Waals surface area contributed by atoms with Crippen molar-refractivity contribution in [2.24, 2.45) is 16.7 Å². The van der Waals surface area contributed by atoms with Gasteiger partial charge in [-0.25, -0.2) is 9.59 Å². The Morgan fingerprint density at radius 2 is 1.67 bits per heavy atom. The molecule has 10 atom stereocenters. The molecule has 2 bridgehead atoms. The zero-order valence-electron chi connectivity index (χ0n) is 26.7. The molecule has 0 amide bonds. The number of aliphatic hydroxyl groups excluding tert-OH is 1. The predicted octanol–water partition coefficient (Wildman–Crippen LogP) is 2.46. The number of carbonyl (C=O) groups excluding carboxylic acids is 5. The van der Waals surface area contributed by atoms with Crippen LogP contribution in [0.3, 0.4) is 0 Å². The molecule has 1 spiro atoms. The number of carbonyl (C=O) groups is 5. The van der Waals surface area contributed by atoms with E-state index in [2.05, 4.69) is 0 Å². The molecule has 248 valence electrons. The Morgan fingerprint density at radius 3 is 2.24 bits per heavy atom. The molecule has 13 heteroatoms. The molecule has 4 fully saturated rings. The van der Waals surface area contributed by atoms with Crippen LogP contribution < -0.4 is 0 Å². The molecule has 2 aliphatic heterocycles. The Hall–Kier alpha value is -3.81. The lowest BCUT2D eigenvalue weighted by atomic mass is 9.44. The molecule has 1 N–H and O–H groups in total. The van der Waals surface area contributed by atoms with E-state index in [4.69, 9.17) is 33.2 Å². The largest absolute Gasteiger partial charge is 0.509 e. The second-order valence-corrected chi connectivity index (χ2v) is 13.5. The first kappa shape index (κ1) is 32.1. The fraction of sp³-hybridized carbons (Fsp3) is 0.606. The van der Waals surface area contributed by atoms with Crippen LogP contribution in [-0.2, 0) is 47.5 Å². The standard InChI is InChI=1S/C33H38O13/c1-15-21-23(42-16(2)34)25(37)31(6)19(40-7)13-20-32(14-41-20,45-17(3)35)24(31)27(43-28(38)18-11-9-8-10-12-18)33(30(21,4)5)26(22(15)36)44-29(39)46-33/h8-12,19-20,22-24,26-27,36H,13-14H2,1-7H3/t19-,20+,22?,23+,24?,26-,27-,31+,32-,33+/m0/s1. The van der Waals surface area contributed by atoms with Gasteiger partial charge in [0.2, 0.25) is 5.60 Å².